The van der Waals surface area contributed by atoms with E-state index in [1.807, 2.05) is 36.4 Å². The summed E-state index contributed by atoms with van der Waals surface area (Å²) in [5, 5.41) is 4.89. The molecule has 0 saturated carbocycles. The normalized spacial score (nSPS) is 10.8. The van der Waals surface area contributed by atoms with E-state index in [-0.39, 0.29) is 12.5 Å². The quantitative estimate of drug-likeness (QED) is 0.316. The third-order valence-corrected chi connectivity index (χ3v) is 5.68. The Morgan fingerprint density at radius 2 is 1.90 bits per heavy atom. The van der Waals surface area contributed by atoms with Crippen LogP contribution < -0.4 is 10.1 Å². The van der Waals surface area contributed by atoms with Crippen LogP contribution in [-0.2, 0) is 6.61 Å². The van der Waals surface area contributed by atoms with E-state index in [2.05, 4.69) is 26.2 Å². The first-order valence-electron chi connectivity index (χ1n) is 9.02. The van der Waals surface area contributed by atoms with Crippen molar-refractivity contribution in [3.63, 3.8) is 0 Å². The fourth-order valence-corrected chi connectivity index (χ4v) is 3.77. The number of fused-ring (bicyclic) bond motifs is 1. The Hall–Kier alpha value is -2.60. The Bertz CT molecular complexity index is 1250. The zero-order valence-corrected chi connectivity index (χ0v) is 18.6. The summed E-state index contributed by atoms with van der Waals surface area (Å²) >= 11 is 15.6. The highest BCUT2D eigenvalue weighted by molar-refractivity contribution is 9.10. The van der Waals surface area contributed by atoms with E-state index in [1.54, 1.807) is 36.5 Å². The van der Waals surface area contributed by atoms with Crippen LogP contribution in [0.15, 0.2) is 77.4 Å². The second-order valence-electron chi connectivity index (χ2n) is 6.51. The van der Waals surface area contributed by atoms with Gasteiger partial charge in [0, 0.05) is 32.7 Å². The summed E-state index contributed by atoms with van der Waals surface area (Å²) in [7, 11) is 0. The zero-order valence-electron chi connectivity index (χ0n) is 15.5. The summed E-state index contributed by atoms with van der Waals surface area (Å²) in [4.78, 5) is 17.2. The van der Waals surface area contributed by atoms with Gasteiger partial charge in [-0.25, -0.2) is 0 Å². The van der Waals surface area contributed by atoms with Gasteiger partial charge in [0.2, 0.25) is 0 Å². The van der Waals surface area contributed by atoms with Crippen LogP contribution in [-0.4, -0.2) is 10.9 Å². The molecule has 150 valence electrons. The number of aromatic nitrogens is 1. The SMILES string of the molecule is O=C(Nc1ccc(Br)c2cccnc12)c1cccc(COc2cc(Cl)ccc2Cl)c1. The van der Waals surface area contributed by atoms with E-state index in [1.165, 1.54) is 0 Å². The van der Waals surface area contributed by atoms with Crippen LogP contribution in [0.4, 0.5) is 5.69 Å². The predicted molar refractivity (Wildman–Crippen MR) is 125 cm³/mol. The molecule has 7 heteroatoms. The van der Waals surface area contributed by atoms with Gasteiger partial charge in [0.1, 0.15) is 12.4 Å². The van der Waals surface area contributed by atoms with E-state index < -0.39 is 0 Å². The molecule has 0 aliphatic rings. The van der Waals surface area contributed by atoms with Crippen molar-refractivity contribution in [2.75, 3.05) is 5.32 Å². The van der Waals surface area contributed by atoms with Gasteiger partial charge in [-0.1, -0.05) is 57.3 Å². The molecule has 0 aliphatic carbocycles. The first-order chi connectivity index (χ1) is 14.5. The Labute approximate surface area is 191 Å². The van der Waals surface area contributed by atoms with Crippen LogP contribution >= 0.6 is 39.1 Å². The van der Waals surface area contributed by atoms with Crippen LogP contribution in [0.5, 0.6) is 5.75 Å². The lowest BCUT2D eigenvalue weighted by Crippen LogP contribution is -2.13. The van der Waals surface area contributed by atoms with Gasteiger partial charge in [-0.3, -0.25) is 9.78 Å². The van der Waals surface area contributed by atoms with Gasteiger partial charge >= 0.3 is 0 Å². The maximum atomic E-state index is 12.8. The van der Waals surface area contributed by atoms with Gasteiger partial charge in [-0.15, -0.1) is 0 Å². The summed E-state index contributed by atoms with van der Waals surface area (Å²) in [6.45, 7) is 0.254. The number of pyridine rings is 1. The fraction of sp³-hybridized carbons (Fsp3) is 0.0435. The lowest BCUT2D eigenvalue weighted by atomic mass is 10.1. The van der Waals surface area contributed by atoms with Crippen molar-refractivity contribution >= 4 is 61.6 Å². The first-order valence-corrected chi connectivity index (χ1v) is 10.6. The number of anilines is 1. The lowest BCUT2D eigenvalue weighted by Gasteiger charge is -2.11. The number of benzene rings is 3. The number of halogens is 3. The van der Waals surface area contributed by atoms with E-state index in [0.29, 0.717) is 27.0 Å². The number of amides is 1. The molecule has 1 amide bonds. The van der Waals surface area contributed by atoms with Crippen LogP contribution in [0.2, 0.25) is 10.0 Å². The van der Waals surface area contributed by atoms with Crippen molar-refractivity contribution < 1.29 is 9.53 Å². The molecule has 1 N–H and O–H groups in total. The molecule has 0 atom stereocenters. The third-order valence-electron chi connectivity index (χ3n) is 4.44. The molecular formula is C23H15BrCl2N2O2. The van der Waals surface area contributed by atoms with Crippen molar-refractivity contribution in [3.8, 4) is 5.75 Å². The molecule has 1 aromatic heterocycles. The molecule has 0 spiro atoms. The van der Waals surface area contributed by atoms with Crippen molar-refractivity contribution in [2.24, 2.45) is 0 Å². The topological polar surface area (TPSA) is 51.2 Å². The van der Waals surface area contributed by atoms with Crippen molar-refractivity contribution in [2.45, 2.75) is 6.61 Å². The molecule has 0 saturated heterocycles. The number of hydrogen-bond acceptors (Lipinski definition) is 3. The first kappa shape index (κ1) is 20.7. The lowest BCUT2D eigenvalue weighted by molar-refractivity contribution is 0.102. The summed E-state index contributed by atoms with van der Waals surface area (Å²) < 4.78 is 6.68. The number of nitrogens with zero attached hydrogens (tertiary/aromatic N) is 1. The van der Waals surface area contributed by atoms with Crippen molar-refractivity contribution in [1.82, 2.24) is 4.98 Å². The largest absolute Gasteiger partial charge is 0.487 e. The minimum Gasteiger partial charge on any atom is -0.487 e. The maximum Gasteiger partial charge on any atom is 0.255 e. The van der Waals surface area contributed by atoms with Gasteiger partial charge in [0.15, 0.2) is 0 Å². The minimum absolute atomic E-state index is 0.230. The van der Waals surface area contributed by atoms with E-state index in [9.17, 15) is 4.79 Å². The van der Waals surface area contributed by atoms with Gasteiger partial charge in [0.25, 0.3) is 5.91 Å². The van der Waals surface area contributed by atoms with E-state index >= 15 is 0 Å². The molecular weight excluding hydrogens is 487 g/mol. The summed E-state index contributed by atoms with van der Waals surface area (Å²) in [5.74, 6) is 0.262. The van der Waals surface area contributed by atoms with E-state index in [0.717, 1.165) is 20.9 Å². The van der Waals surface area contributed by atoms with Crippen molar-refractivity contribution in [3.05, 3.63) is 98.6 Å². The maximum absolute atomic E-state index is 12.8. The van der Waals surface area contributed by atoms with Crippen LogP contribution in [0.3, 0.4) is 0 Å². The molecule has 3 aromatic carbocycles. The van der Waals surface area contributed by atoms with Crippen LogP contribution in [0, 0.1) is 0 Å². The summed E-state index contributed by atoms with van der Waals surface area (Å²) in [5.41, 5.74) is 2.71. The average Bonchev–Trinajstić information content (AvgIpc) is 2.76. The molecule has 4 rings (SSSR count). The van der Waals surface area contributed by atoms with E-state index in [4.69, 9.17) is 27.9 Å². The molecule has 0 aliphatic heterocycles. The van der Waals surface area contributed by atoms with Gasteiger partial charge < -0.3 is 10.1 Å². The predicted octanol–water partition coefficient (Wildman–Crippen LogP) is 7.14. The number of carbonyl (C=O) groups excluding carboxylic acids is 1. The van der Waals surface area contributed by atoms with Crippen molar-refractivity contribution in [1.29, 1.82) is 0 Å². The Morgan fingerprint density at radius 1 is 1.03 bits per heavy atom. The highest BCUT2D eigenvalue weighted by atomic mass is 79.9. The standard InChI is InChI=1S/C23H15BrCl2N2O2/c24-18-7-9-20(22-17(18)5-2-10-27-22)28-23(29)15-4-1-3-14(11-15)13-30-21-12-16(25)6-8-19(21)26/h1-12H,13H2,(H,28,29). The van der Waals surface area contributed by atoms with Crippen LogP contribution in [0.25, 0.3) is 10.9 Å². The number of nitrogens with one attached hydrogen (secondary N) is 1. The van der Waals surface area contributed by atoms with Gasteiger partial charge in [-0.05, 0) is 48.0 Å². The highest BCUT2D eigenvalue weighted by Crippen LogP contribution is 2.30. The second-order valence-corrected chi connectivity index (χ2v) is 8.21. The number of rotatable bonds is 5. The molecule has 4 aromatic rings. The monoisotopic (exact) mass is 500 g/mol. The molecule has 0 unspecified atom stereocenters. The Balaban J connectivity index is 1.52. The Morgan fingerprint density at radius 3 is 2.77 bits per heavy atom. The second kappa shape index (κ2) is 9.04. The number of ether oxygens (including phenoxy) is 1. The minimum atomic E-state index is -0.230. The molecule has 0 radical (unpaired) electrons. The molecule has 0 bridgehead atoms. The molecule has 0 fully saturated rings. The summed E-state index contributed by atoms with van der Waals surface area (Å²) in [6.07, 6.45) is 1.70. The Kier molecular flexibility index (Phi) is 6.23. The molecule has 30 heavy (non-hydrogen) atoms. The van der Waals surface area contributed by atoms with Gasteiger partial charge in [0.05, 0.1) is 16.2 Å². The fourth-order valence-electron chi connectivity index (χ4n) is 2.98. The highest BCUT2D eigenvalue weighted by Gasteiger charge is 2.12. The smallest absolute Gasteiger partial charge is 0.255 e. The number of hydrogen-bond donors (Lipinski definition) is 1. The van der Waals surface area contributed by atoms with Crippen LogP contribution in [0.1, 0.15) is 15.9 Å². The number of carbonyl (C=O) groups is 1. The zero-order chi connectivity index (χ0) is 21.1. The average molecular weight is 502 g/mol. The van der Waals surface area contributed by atoms with Gasteiger partial charge in [-0.2, -0.15) is 0 Å². The molecule has 1 heterocycles. The summed E-state index contributed by atoms with van der Waals surface area (Å²) in [6, 6.07) is 19.8. The molecule has 4 nitrogen and oxygen atoms in total. The third kappa shape index (κ3) is 4.59.